The lowest BCUT2D eigenvalue weighted by Crippen LogP contribution is -1.90. The van der Waals surface area contributed by atoms with Crippen LogP contribution in [0.4, 0.5) is 0 Å². The van der Waals surface area contributed by atoms with Crippen LogP contribution in [-0.2, 0) is 6.61 Å². The van der Waals surface area contributed by atoms with Crippen LogP contribution in [0.15, 0.2) is 51.2 Å². The van der Waals surface area contributed by atoms with Gasteiger partial charge in [0, 0.05) is 27.3 Å². The van der Waals surface area contributed by atoms with E-state index in [1.807, 2.05) is 24.3 Å². The predicted molar refractivity (Wildman–Crippen MR) is 66.2 cm³/mol. The van der Waals surface area contributed by atoms with Crippen molar-refractivity contribution in [3.8, 4) is 0 Å². The summed E-state index contributed by atoms with van der Waals surface area (Å²) in [6.45, 7) is -0.0260. The molecule has 0 fully saturated rings. The summed E-state index contributed by atoms with van der Waals surface area (Å²) in [6.07, 6.45) is 3.26. The largest absolute Gasteiger partial charge is 0.392 e. The summed E-state index contributed by atoms with van der Waals surface area (Å²) in [5.74, 6) is 0. The highest BCUT2D eigenvalue weighted by Gasteiger charge is 2.01. The van der Waals surface area contributed by atoms with Crippen LogP contribution in [0, 0.1) is 0 Å². The number of benzene rings is 1. The van der Waals surface area contributed by atoms with Gasteiger partial charge in [-0.25, -0.2) is 9.97 Å². The Labute approximate surface area is 106 Å². The van der Waals surface area contributed by atoms with Crippen molar-refractivity contribution in [1.29, 1.82) is 0 Å². The van der Waals surface area contributed by atoms with Gasteiger partial charge in [-0.05, 0) is 30.0 Å². The van der Waals surface area contributed by atoms with Crippen molar-refractivity contribution in [3.05, 3.63) is 46.7 Å². The fourth-order valence-electron chi connectivity index (χ4n) is 1.11. The van der Waals surface area contributed by atoms with Gasteiger partial charge in [-0.3, -0.25) is 0 Å². The lowest BCUT2D eigenvalue weighted by molar-refractivity contribution is 0.280. The van der Waals surface area contributed by atoms with Crippen LogP contribution >= 0.6 is 27.7 Å². The Bertz CT molecular complexity index is 476. The zero-order valence-corrected chi connectivity index (χ0v) is 10.7. The summed E-state index contributed by atoms with van der Waals surface area (Å²) < 4.78 is 1.03. The smallest absolute Gasteiger partial charge is 0.192 e. The number of aliphatic hydroxyl groups excluding tert-OH is 1. The third-order valence-corrected chi connectivity index (χ3v) is 3.25. The summed E-state index contributed by atoms with van der Waals surface area (Å²) in [4.78, 5) is 9.38. The van der Waals surface area contributed by atoms with Crippen LogP contribution in [0.1, 0.15) is 5.56 Å². The third kappa shape index (κ3) is 3.04. The van der Waals surface area contributed by atoms with E-state index >= 15 is 0 Å². The maximum Gasteiger partial charge on any atom is 0.192 e. The maximum absolute atomic E-state index is 8.86. The summed E-state index contributed by atoms with van der Waals surface area (Å²) in [6, 6.07) is 7.95. The van der Waals surface area contributed by atoms with E-state index in [9.17, 15) is 0 Å². The quantitative estimate of drug-likeness (QED) is 0.885. The van der Waals surface area contributed by atoms with Gasteiger partial charge >= 0.3 is 0 Å². The molecule has 0 amide bonds. The number of halogens is 1. The molecule has 0 aliphatic rings. The molecule has 3 nitrogen and oxygen atoms in total. The molecule has 0 unspecified atom stereocenters. The Morgan fingerprint density at radius 3 is 2.62 bits per heavy atom. The molecular weight excluding hydrogens is 288 g/mol. The van der Waals surface area contributed by atoms with E-state index in [2.05, 4.69) is 25.9 Å². The van der Waals surface area contributed by atoms with Crippen LogP contribution < -0.4 is 0 Å². The Morgan fingerprint density at radius 1 is 1.25 bits per heavy atom. The molecule has 1 heterocycles. The molecule has 1 N–H and O–H groups in total. The van der Waals surface area contributed by atoms with Crippen molar-refractivity contribution < 1.29 is 5.11 Å². The Morgan fingerprint density at radius 2 is 2.00 bits per heavy atom. The number of rotatable bonds is 3. The molecule has 0 saturated carbocycles. The Balaban J connectivity index is 2.14. The standard InChI is InChI=1S/C11H9BrN2OS/c12-9-2-1-3-10(4-9)16-11-13-5-8(7-15)6-14-11/h1-6,15H,7H2. The average molecular weight is 297 g/mol. The van der Waals surface area contributed by atoms with Crippen LogP contribution in [0.3, 0.4) is 0 Å². The molecule has 1 aromatic heterocycles. The molecule has 5 heteroatoms. The van der Waals surface area contributed by atoms with Gasteiger partial charge in [-0.2, -0.15) is 0 Å². The lowest BCUT2D eigenvalue weighted by atomic mass is 10.4. The molecule has 1 aromatic carbocycles. The second kappa shape index (κ2) is 5.43. The fourth-order valence-corrected chi connectivity index (χ4v) is 2.42. The molecule has 16 heavy (non-hydrogen) atoms. The van der Waals surface area contributed by atoms with Gasteiger partial charge in [0.15, 0.2) is 5.16 Å². The highest BCUT2D eigenvalue weighted by molar-refractivity contribution is 9.10. The van der Waals surface area contributed by atoms with Crippen LogP contribution in [-0.4, -0.2) is 15.1 Å². The van der Waals surface area contributed by atoms with Gasteiger partial charge in [-0.15, -0.1) is 0 Å². The monoisotopic (exact) mass is 296 g/mol. The summed E-state index contributed by atoms with van der Waals surface area (Å²) in [5, 5.41) is 9.54. The first kappa shape index (κ1) is 11.6. The van der Waals surface area contributed by atoms with Crippen molar-refractivity contribution >= 4 is 27.7 Å². The lowest BCUT2D eigenvalue weighted by Gasteiger charge is -2.01. The minimum atomic E-state index is -0.0260. The molecule has 0 aliphatic carbocycles. The van der Waals surface area contributed by atoms with Crippen molar-refractivity contribution in [3.63, 3.8) is 0 Å². The Hall–Kier alpha value is -0.910. The number of aromatic nitrogens is 2. The highest BCUT2D eigenvalue weighted by atomic mass is 79.9. The van der Waals surface area contributed by atoms with E-state index < -0.39 is 0 Å². The molecular formula is C11H9BrN2OS. The van der Waals surface area contributed by atoms with Gasteiger partial charge < -0.3 is 5.11 Å². The van der Waals surface area contributed by atoms with E-state index in [0.717, 1.165) is 14.9 Å². The SMILES string of the molecule is OCc1cnc(Sc2cccc(Br)c2)nc1. The van der Waals surface area contributed by atoms with Gasteiger partial charge in [0.05, 0.1) is 6.61 Å². The Kier molecular flexibility index (Phi) is 3.93. The number of hydrogen-bond donors (Lipinski definition) is 1. The van der Waals surface area contributed by atoms with E-state index in [1.54, 1.807) is 12.4 Å². The molecule has 0 spiro atoms. The molecule has 2 rings (SSSR count). The molecule has 0 saturated heterocycles. The third-order valence-electron chi connectivity index (χ3n) is 1.87. The van der Waals surface area contributed by atoms with E-state index in [1.165, 1.54) is 11.8 Å². The number of hydrogen-bond acceptors (Lipinski definition) is 4. The predicted octanol–water partition coefficient (Wildman–Crippen LogP) is 2.88. The first-order valence-corrected chi connectivity index (χ1v) is 6.24. The summed E-state index contributed by atoms with van der Waals surface area (Å²) >= 11 is 4.90. The zero-order chi connectivity index (χ0) is 11.4. The van der Waals surface area contributed by atoms with E-state index in [0.29, 0.717) is 5.16 Å². The highest BCUT2D eigenvalue weighted by Crippen LogP contribution is 2.26. The summed E-state index contributed by atoms with van der Waals surface area (Å²) in [7, 11) is 0. The second-order valence-corrected chi connectivity index (χ2v) is 5.05. The van der Waals surface area contributed by atoms with Crippen molar-refractivity contribution in [2.24, 2.45) is 0 Å². The van der Waals surface area contributed by atoms with E-state index in [-0.39, 0.29) is 6.61 Å². The van der Waals surface area contributed by atoms with Crippen molar-refractivity contribution in [1.82, 2.24) is 9.97 Å². The first-order chi connectivity index (χ1) is 7.78. The molecule has 0 atom stereocenters. The second-order valence-electron chi connectivity index (χ2n) is 3.09. The normalized spacial score (nSPS) is 10.4. The first-order valence-electron chi connectivity index (χ1n) is 4.63. The van der Waals surface area contributed by atoms with Crippen LogP contribution in [0.2, 0.25) is 0 Å². The topological polar surface area (TPSA) is 46.0 Å². The summed E-state index contributed by atoms with van der Waals surface area (Å²) in [5.41, 5.74) is 0.721. The molecule has 0 bridgehead atoms. The van der Waals surface area contributed by atoms with Crippen LogP contribution in [0.25, 0.3) is 0 Å². The van der Waals surface area contributed by atoms with E-state index in [4.69, 9.17) is 5.11 Å². The van der Waals surface area contributed by atoms with Crippen LogP contribution in [0.5, 0.6) is 0 Å². The average Bonchev–Trinajstić information content (AvgIpc) is 2.30. The number of aliphatic hydroxyl groups is 1. The number of nitrogens with zero attached hydrogens (tertiary/aromatic N) is 2. The van der Waals surface area contributed by atoms with Crippen molar-refractivity contribution in [2.45, 2.75) is 16.7 Å². The van der Waals surface area contributed by atoms with Gasteiger partial charge in [-0.1, -0.05) is 22.0 Å². The van der Waals surface area contributed by atoms with Gasteiger partial charge in [0.2, 0.25) is 0 Å². The molecule has 2 aromatic rings. The maximum atomic E-state index is 8.86. The minimum Gasteiger partial charge on any atom is -0.392 e. The van der Waals surface area contributed by atoms with Crippen molar-refractivity contribution in [2.75, 3.05) is 0 Å². The molecule has 0 radical (unpaired) electrons. The van der Waals surface area contributed by atoms with Gasteiger partial charge in [0.25, 0.3) is 0 Å². The fraction of sp³-hybridized carbons (Fsp3) is 0.0909. The molecule has 0 aliphatic heterocycles. The van der Waals surface area contributed by atoms with Gasteiger partial charge in [0.1, 0.15) is 0 Å². The minimum absolute atomic E-state index is 0.0260. The molecule has 82 valence electrons. The zero-order valence-electron chi connectivity index (χ0n) is 8.30.